The highest BCUT2D eigenvalue weighted by atomic mass is 35.5. The molecule has 0 amide bonds. The molecule has 0 saturated heterocycles. The normalized spacial score (nSPS) is 26.8. The maximum absolute atomic E-state index is 10.6. The number of aldehydes is 1. The SMILES string of the molecule is O=Cc1ccccc1C1CC1Cl. The Balaban J connectivity index is 2.35. The fourth-order valence-corrected chi connectivity index (χ4v) is 1.77. The van der Waals surface area contributed by atoms with Crippen molar-refractivity contribution in [1.29, 1.82) is 0 Å². The summed E-state index contributed by atoms with van der Waals surface area (Å²) in [6, 6.07) is 7.64. The maximum atomic E-state index is 10.6. The largest absolute Gasteiger partial charge is 0.298 e. The predicted octanol–water partition coefficient (Wildman–Crippen LogP) is 2.59. The van der Waals surface area contributed by atoms with Gasteiger partial charge in [-0.1, -0.05) is 24.3 Å². The van der Waals surface area contributed by atoms with Crippen LogP contribution in [-0.2, 0) is 0 Å². The first kappa shape index (κ1) is 7.81. The third-order valence-corrected chi connectivity index (χ3v) is 2.72. The molecule has 1 aliphatic carbocycles. The first-order valence-electron chi connectivity index (χ1n) is 4.01. The zero-order valence-electron chi connectivity index (χ0n) is 6.53. The van der Waals surface area contributed by atoms with Gasteiger partial charge in [-0.25, -0.2) is 0 Å². The molecule has 12 heavy (non-hydrogen) atoms. The fraction of sp³-hybridized carbons (Fsp3) is 0.300. The van der Waals surface area contributed by atoms with E-state index in [0.717, 1.165) is 23.8 Å². The van der Waals surface area contributed by atoms with Crippen LogP contribution in [0.25, 0.3) is 0 Å². The van der Waals surface area contributed by atoms with Gasteiger partial charge in [0.15, 0.2) is 0 Å². The summed E-state index contributed by atoms with van der Waals surface area (Å²) in [4.78, 5) is 10.6. The van der Waals surface area contributed by atoms with Gasteiger partial charge in [0.25, 0.3) is 0 Å². The van der Waals surface area contributed by atoms with E-state index >= 15 is 0 Å². The number of carbonyl (C=O) groups is 1. The second kappa shape index (κ2) is 2.91. The molecular formula is C10H9ClO. The van der Waals surface area contributed by atoms with Crippen molar-refractivity contribution < 1.29 is 4.79 Å². The molecule has 0 aliphatic heterocycles. The van der Waals surface area contributed by atoms with Gasteiger partial charge in [0.1, 0.15) is 6.29 Å². The number of alkyl halides is 1. The van der Waals surface area contributed by atoms with Crippen LogP contribution in [-0.4, -0.2) is 11.7 Å². The Hall–Kier alpha value is -0.820. The molecule has 62 valence electrons. The molecule has 0 heterocycles. The second-order valence-electron chi connectivity index (χ2n) is 3.10. The average molecular weight is 181 g/mol. The Bertz CT molecular complexity index is 308. The Morgan fingerprint density at radius 1 is 1.42 bits per heavy atom. The summed E-state index contributed by atoms with van der Waals surface area (Å²) >= 11 is 5.90. The van der Waals surface area contributed by atoms with E-state index in [2.05, 4.69) is 0 Å². The molecule has 0 aromatic heterocycles. The number of rotatable bonds is 2. The number of hydrogen-bond donors (Lipinski definition) is 0. The lowest BCUT2D eigenvalue weighted by Crippen LogP contribution is -1.90. The average Bonchev–Trinajstić information content (AvgIpc) is 2.83. The maximum Gasteiger partial charge on any atom is 0.150 e. The van der Waals surface area contributed by atoms with Gasteiger partial charge in [-0.15, -0.1) is 11.6 Å². The van der Waals surface area contributed by atoms with Gasteiger partial charge in [-0.2, -0.15) is 0 Å². The number of hydrogen-bond acceptors (Lipinski definition) is 1. The molecule has 1 nitrogen and oxygen atoms in total. The van der Waals surface area contributed by atoms with Crippen LogP contribution in [0.3, 0.4) is 0 Å². The Morgan fingerprint density at radius 3 is 2.67 bits per heavy atom. The van der Waals surface area contributed by atoms with Gasteiger partial charge in [0, 0.05) is 16.9 Å². The molecule has 1 saturated carbocycles. The minimum Gasteiger partial charge on any atom is -0.298 e. The molecule has 1 aliphatic rings. The highest BCUT2D eigenvalue weighted by Gasteiger charge is 2.37. The number of carbonyl (C=O) groups excluding carboxylic acids is 1. The summed E-state index contributed by atoms with van der Waals surface area (Å²) in [5.41, 5.74) is 1.89. The third-order valence-electron chi connectivity index (χ3n) is 2.24. The van der Waals surface area contributed by atoms with Crippen LogP contribution in [0.5, 0.6) is 0 Å². The molecule has 0 spiro atoms. The molecule has 2 rings (SSSR count). The van der Waals surface area contributed by atoms with Gasteiger partial charge in [0.05, 0.1) is 0 Å². The minimum absolute atomic E-state index is 0.242. The van der Waals surface area contributed by atoms with Crippen molar-refractivity contribution >= 4 is 17.9 Å². The Kier molecular flexibility index (Phi) is 1.89. The lowest BCUT2D eigenvalue weighted by atomic mass is 10.0. The zero-order valence-corrected chi connectivity index (χ0v) is 7.29. The van der Waals surface area contributed by atoms with Crippen LogP contribution in [0.2, 0.25) is 0 Å². The molecule has 0 radical (unpaired) electrons. The topological polar surface area (TPSA) is 17.1 Å². The lowest BCUT2D eigenvalue weighted by Gasteiger charge is -2.00. The minimum atomic E-state index is 0.242. The van der Waals surface area contributed by atoms with Gasteiger partial charge >= 0.3 is 0 Å². The van der Waals surface area contributed by atoms with E-state index in [-0.39, 0.29) is 5.38 Å². The monoisotopic (exact) mass is 180 g/mol. The van der Waals surface area contributed by atoms with Crippen molar-refractivity contribution in [1.82, 2.24) is 0 Å². The van der Waals surface area contributed by atoms with E-state index in [1.165, 1.54) is 0 Å². The standard InChI is InChI=1S/C10H9ClO/c11-10-5-9(10)8-4-2-1-3-7(8)6-12/h1-4,6,9-10H,5H2. The summed E-state index contributed by atoms with van der Waals surface area (Å²) in [5, 5.41) is 0.242. The fourth-order valence-electron chi connectivity index (χ4n) is 1.44. The molecule has 2 atom stereocenters. The summed E-state index contributed by atoms with van der Waals surface area (Å²) in [7, 11) is 0. The molecule has 1 fully saturated rings. The van der Waals surface area contributed by atoms with Crippen LogP contribution < -0.4 is 0 Å². The molecule has 0 bridgehead atoms. The molecular weight excluding hydrogens is 172 g/mol. The quantitative estimate of drug-likeness (QED) is 0.505. The van der Waals surface area contributed by atoms with Crippen LogP contribution >= 0.6 is 11.6 Å². The van der Waals surface area contributed by atoms with E-state index in [1.54, 1.807) is 0 Å². The van der Waals surface area contributed by atoms with E-state index in [1.807, 2.05) is 24.3 Å². The van der Waals surface area contributed by atoms with Crippen molar-refractivity contribution in [3.05, 3.63) is 35.4 Å². The van der Waals surface area contributed by atoms with Gasteiger partial charge in [-0.3, -0.25) is 4.79 Å². The lowest BCUT2D eigenvalue weighted by molar-refractivity contribution is 0.112. The summed E-state index contributed by atoms with van der Waals surface area (Å²) in [6.07, 6.45) is 1.91. The van der Waals surface area contributed by atoms with E-state index in [4.69, 9.17) is 11.6 Å². The van der Waals surface area contributed by atoms with Gasteiger partial charge in [-0.05, 0) is 12.0 Å². The van der Waals surface area contributed by atoms with Crippen LogP contribution in [0.1, 0.15) is 28.3 Å². The smallest absolute Gasteiger partial charge is 0.150 e. The molecule has 2 unspecified atom stereocenters. The van der Waals surface area contributed by atoms with E-state index < -0.39 is 0 Å². The Labute approximate surface area is 76.4 Å². The first-order chi connectivity index (χ1) is 5.83. The molecule has 0 N–H and O–H groups in total. The van der Waals surface area contributed by atoms with Crippen LogP contribution in [0, 0.1) is 0 Å². The van der Waals surface area contributed by atoms with Crippen molar-refractivity contribution in [2.75, 3.05) is 0 Å². The Morgan fingerprint density at radius 2 is 2.08 bits per heavy atom. The van der Waals surface area contributed by atoms with E-state index in [9.17, 15) is 4.79 Å². The molecule has 2 heteroatoms. The van der Waals surface area contributed by atoms with Crippen molar-refractivity contribution in [2.45, 2.75) is 17.7 Å². The van der Waals surface area contributed by atoms with Crippen molar-refractivity contribution in [3.8, 4) is 0 Å². The number of halogens is 1. The highest BCUT2D eigenvalue weighted by Crippen LogP contribution is 2.45. The van der Waals surface area contributed by atoms with E-state index in [0.29, 0.717) is 5.92 Å². The van der Waals surface area contributed by atoms with Crippen molar-refractivity contribution in [2.24, 2.45) is 0 Å². The third kappa shape index (κ3) is 1.25. The van der Waals surface area contributed by atoms with Gasteiger partial charge in [0.2, 0.25) is 0 Å². The second-order valence-corrected chi connectivity index (χ2v) is 3.67. The first-order valence-corrected chi connectivity index (χ1v) is 4.44. The number of benzene rings is 1. The molecule has 1 aromatic carbocycles. The summed E-state index contributed by atoms with van der Waals surface area (Å²) < 4.78 is 0. The zero-order chi connectivity index (χ0) is 8.55. The van der Waals surface area contributed by atoms with Crippen LogP contribution in [0.15, 0.2) is 24.3 Å². The summed E-state index contributed by atoms with van der Waals surface area (Å²) in [5.74, 6) is 0.410. The predicted molar refractivity (Wildman–Crippen MR) is 48.8 cm³/mol. The molecule has 1 aromatic rings. The summed E-state index contributed by atoms with van der Waals surface area (Å²) in [6.45, 7) is 0. The van der Waals surface area contributed by atoms with Crippen LogP contribution in [0.4, 0.5) is 0 Å². The van der Waals surface area contributed by atoms with Gasteiger partial charge < -0.3 is 0 Å². The van der Waals surface area contributed by atoms with Crippen molar-refractivity contribution in [3.63, 3.8) is 0 Å². The highest BCUT2D eigenvalue weighted by molar-refractivity contribution is 6.23.